The van der Waals surface area contributed by atoms with Gasteiger partial charge in [-0.15, -0.1) is 0 Å². The van der Waals surface area contributed by atoms with Crippen LogP contribution in [0.1, 0.15) is 46.5 Å². The zero-order valence-corrected chi connectivity index (χ0v) is 11.1. The molecule has 0 spiro atoms. The van der Waals surface area contributed by atoms with Crippen molar-refractivity contribution in [1.82, 2.24) is 5.32 Å². The molecule has 0 aliphatic rings. The lowest BCUT2D eigenvalue weighted by atomic mass is 10.1. The minimum atomic E-state index is 0.194. The molecule has 1 N–H and O–H groups in total. The van der Waals surface area contributed by atoms with Crippen molar-refractivity contribution in [1.29, 1.82) is 0 Å². The summed E-state index contributed by atoms with van der Waals surface area (Å²) in [5.41, 5.74) is 0. The Balaban J connectivity index is 3.50. The largest absolute Gasteiger partial charge is 0.354 e. The Morgan fingerprint density at radius 3 is 2.43 bits per heavy atom. The van der Waals surface area contributed by atoms with Gasteiger partial charge in [-0.2, -0.15) is 0 Å². The van der Waals surface area contributed by atoms with Crippen molar-refractivity contribution >= 4 is 21.8 Å². The summed E-state index contributed by atoms with van der Waals surface area (Å²) in [6.45, 7) is 6.42. The number of rotatable bonds is 7. The van der Waals surface area contributed by atoms with Crippen LogP contribution in [0.3, 0.4) is 0 Å². The molecule has 0 aromatic heterocycles. The van der Waals surface area contributed by atoms with Crippen molar-refractivity contribution in [3.63, 3.8) is 0 Å². The Labute approximate surface area is 96.0 Å². The molecule has 0 radical (unpaired) electrons. The second-order valence-electron chi connectivity index (χ2n) is 4.24. The second-order valence-corrected chi connectivity index (χ2v) is 5.04. The summed E-state index contributed by atoms with van der Waals surface area (Å²) in [5, 5.41) is 4.00. The van der Waals surface area contributed by atoms with Gasteiger partial charge in [0.25, 0.3) is 0 Å². The van der Waals surface area contributed by atoms with Gasteiger partial charge < -0.3 is 5.32 Å². The first kappa shape index (κ1) is 13.9. The lowest BCUT2D eigenvalue weighted by Gasteiger charge is -2.15. The van der Waals surface area contributed by atoms with E-state index >= 15 is 0 Å². The number of carbonyl (C=O) groups is 1. The van der Waals surface area contributed by atoms with Crippen LogP contribution in [0.2, 0.25) is 0 Å². The number of unbranched alkanes of at least 4 members (excludes halogenated alkanes) is 1. The SMILES string of the molecule is CC(C)CC(C)NC(=O)CCCCBr. The third-order valence-corrected chi connectivity index (χ3v) is 2.58. The molecule has 2 nitrogen and oxygen atoms in total. The predicted molar refractivity (Wildman–Crippen MR) is 64.7 cm³/mol. The lowest BCUT2D eigenvalue weighted by Crippen LogP contribution is -2.33. The minimum Gasteiger partial charge on any atom is -0.354 e. The van der Waals surface area contributed by atoms with Crippen LogP contribution in [0.5, 0.6) is 0 Å². The summed E-state index contributed by atoms with van der Waals surface area (Å²) < 4.78 is 0. The Morgan fingerprint density at radius 1 is 1.29 bits per heavy atom. The summed E-state index contributed by atoms with van der Waals surface area (Å²) in [6.07, 6.45) is 3.77. The highest BCUT2D eigenvalue weighted by atomic mass is 79.9. The van der Waals surface area contributed by atoms with Crippen LogP contribution in [0.25, 0.3) is 0 Å². The number of carbonyl (C=O) groups excluding carboxylic acids is 1. The average Bonchev–Trinajstić information content (AvgIpc) is 2.02. The molecule has 0 aromatic rings. The number of hydrogen-bond acceptors (Lipinski definition) is 1. The van der Waals surface area contributed by atoms with Gasteiger partial charge in [0, 0.05) is 17.8 Å². The molecular weight excluding hydrogens is 242 g/mol. The highest BCUT2D eigenvalue weighted by Crippen LogP contribution is 2.05. The van der Waals surface area contributed by atoms with Gasteiger partial charge in [0.05, 0.1) is 0 Å². The molecule has 0 aliphatic heterocycles. The molecule has 0 aromatic carbocycles. The molecule has 0 saturated carbocycles. The van der Waals surface area contributed by atoms with Crippen molar-refractivity contribution in [3.05, 3.63) is 0 Å². The van der Waals surface area contributed by atoms with E-state index in [9.17, 15) is 4.79 Å². The van der Waals surface area contributed by atoms with E-state index in [0.29, 0.717) is 18.4 Å². The van der Waals surface area contributed by atoms with E-state index in [2.05, 4.69) is 42.0 Å². The monoisotopic (exact) mass is 263 g/mol. The van der Waals surface area contributed by atoms with Gasteiger partial charge in [0.15, 0.2) is 0 Å². The summed E-state index contributed by atoms with van der Waals surface area (Å²) in [6, 6.07) is 0.312. The van der Waals surface area contributed by atoms with Crippen LogP contribution in [0, 0.1) is 5.92 Å². The first-order valence-electron chi connectivity index (χ1n) is 5.41. The number of amides is 1. The molecule has 1 amide bonds. The maximum atomic E-state index is 11.4. The van der Waals surface area contributed by atoms with E-state index in [1.165, 1.54) is 0 Å². The van der Waals surface area contributed by atoms with E-state index in [-0.39, 0.29) is 5.91 Å². The molecule has 1 atom stereocenters. The van der Waals surface area contributed by atoms with Gasteiger partial charge in [-0.05, 0) is 32.1 Å². The van der Waals surface area contributed by atoms with Gasteiger partial charge in [-0.1, -0.05) is 29.8 Å². The van der Waals surface area contributed by atoms with Crippen molar-refractivity contribution in [3.8, 4) is 0 Å². The number of nitrogens with one attached hydrogen (secondary N) is 1. The van der Waals surface area contributed by atoms with Gasteiger partial charge in [0.2, 0.25) is 5.91 Å². The van der Waals surface area contributed by atoms with Gasteiger partial charge in [-0.3, -0.25) is 4.79 Å². The van der Waals surface area contributed by atoms with Crippen LogP contribution in [0.15, 0.2) is 0 Å². The van der Waals surface area contributed by atoms with Gasteiger partial charge in [-0.25, -0.2) is 0 Å². The van der Waals surface area contributed by atoms with Gasteiger partial charge in [0.1, 0.15) is 0 Å². The van der Waals surface area contributed by atoms with Crippen LogP contribution in [-0.4, -0.2) is 17.3 Å². The molecule has 0 aliphatic carbocycles. The molecule has 0 rings (SSSR count). The van der Waals surface area contributed by atoms with Gasteiger partial charge >= 0.3 is 0 Å². The highest BCUT2D eigenvalue weighted by Gasteiger charge is 2.08. The molecule has 3 heteroatoms. The van der Waals surface area contributed by atoms with Crippen molar-refractivity contribution in [2.75, 3.05) is 5.33 Å². The summed E-state index contributed by atoms with van der Waals surface area (Å²) in [4.78, 5) is 11.4. The first-order chi connectivity index (χ1) is 6.56. The fourth-order valence-electron chi connectivity index (χ4n) is 1.49. The fraction of sp³-hybridized carbons (Fsp3) is 0.909. The zero-order valence-electron chi connectivity index (χ0n) is 9.48. The van der Waals surface area contributed by atoms with E-state index in [0.717, 1.165) is 24.6 Å². The quantitative estimate of drug-likeness (QED) is 0.555. The molecule has 0 saturated heterocycles. The Bertz CT molecular complexity index is 159. The third-order valence-electron chi connectivity index (χ3n) is 2.02. The van der Waals surface area contributed by atoms with Crippen LogP contribution in [0.4, 0.5) is 0 Å². The standard InChI is InChI=1S/C11H22BrNO/c1-9(2)8-10(3)13-11(14)6-4-5-7-12/h9-10H,4-8H2,1-3H3,(H,13,14). The van der Waals surface area contributed by atoms with Crippen molar-refractivity contribution in [2.45, 2.75) is 52.5 Å². The Morgan fingerprint density at radius 2 is 1.93 bits per heavy atom. The molecular formula is C11H22BrNO. The van der Waals surface area contributed by atoms with Crippen LogP contribution in [-0.2, 0) is 4.79 Å². The number of alkyl halides is 1. The molecule has 0 fully saturated rings. The summed E-state index contributed by atoms with van der Waals surface area (Å²) in [7, 11) is 0. The number of hydrogen-bond donors (Lipinski definition) is 1. The van der Waals surface area contributed by atoms with E-state index in [4.69, 9.17) is 0 Å². The highest BCUT2D eigenvalue weighted by molar-refractivity contribution is 9.09. The molecule has 14 heavy (non-hydrogen) atoms. The van der Waals surface area contributed by atoms with E-state index in [1.54, 1.807) is 0 Å². The normalized spacial score (nSPS) is 12.9. The summed E-state index contributed by atoms with van der Waals surface area (Å²) >= 11 is 3.35. The first-order valence-corrected chi connectivity index (χ1v) is 6.53. The Kier molecular flexibility index (Phi) is 8.24. The van der Waals surface area contributed by atoms with Crippen LogP contribution < -0.4 is 5.32 Å². The smallest absolute Gasteiger partial charge is 0.220 e. The molecule has 1 unspecified atom stereocenters. The van der Waals surface area contributed by atoms with Crippen molar-refractivity contribution in [2.24, 2.45) is 5.92 Å². The molecule has 84 valence electrons. The van der Waals surface area contributed by atoms with Crippen LogP contribution >= 0.6 is 15.9 Å². The van der Waals surface area contributed by atoms with E-state index < -0.39 is 0 Å². The third kappa shape index (κ3) is 8.54. The lowest BCUT2D eigenvalue weighted by molar-refractivity contribution is -0.121. The maximum absolute atomic E-state index is 11.4. The topological polar surface area (TPSA) is 29.1 Å². The fourth-order valence-corrected chi connectivity index (χ4v) is 1.89. The number of halogens is 1. The molecule has 0 bridgehead atoms. The molecule has 0 heterocycles. The minimum absolute atomic E-state index is 0.194. The Hall–Kier alpha value is -0.0500. The zero-order chi connectivity index (χ0) is 11.0. The van der Waals surface area contributed by atoms with E-state index in [1.807, 2.05) is 0 Å². The average molecular weight is 264 g/mol. The summed E-state index contributed by atoms with van der Waals surface area (Å²) in [5.74, 6) is 0.840. The van der Waals surface area contributed by atoms with Crippen molar-refractivity contribution < 1.29 is 4.79 Å². The predicted octanol–water partition coefficient (Wildman–Crippen LogP) is 3.10. The maximum Gasteiger partial charge on any atom is 0.220 e. The second kappa shape index (κ2) is 8.27.